The molecule has 0 saturated heterocycles. The van der Waals surface area contributed by atoms with E-state index in [0.717, 1.165) is 22.8 Å². The van der Waals surface area contributed by atoms with Crippen LogP contribution in [-0.2, 0) is 6.61 Å². The normalized spacial score (nSPS) is 10.9. The van der Waals surface area contributed by atoms with Crippen LogP contribution < -0.4 is 9.47 Å². The van der Waals surface area contributed by atoms with Crippen LogP contribution in [0.5, 0.6) is 11.5 Å². The minimum atomic E-state index is 0.439. The van der Waals surface area contributed by atoms with Crippen molar-refractivity contribution in [3.63, 3.8) is 0 Å². The maximum atomic E-state index is 11.4. The predicted octanol–water partition coefficient (Wildman–Crippen LogP) is 5.36. The Labute approximate surface area is 148 Å². The molecule has 128 valence electrons. The van der Waals surface area contributed by atoms with Gasteiger partial charge in [-0.2, -0.15) is 0 Å². The molecule has 0 saturated carbocycles. The number of benzene rings is 3. The number of carbonyl (C=O) groups is 1. The van der Waals surface area contributed by atoms with Gasteiger partial charge >= 0.3 is 0 Å². The average Bonchev–Trinajstić information content (AvgIpc) is 2.65. The molecule has 0 amide bonds. The van der Waals surface area contributed by atoms with E-state index >= 15 is 0 Å². The van der Waals surface area contributed by atoms with Gasteiger partial charge in [-0.3, -0.25) is 4.79 Å². The van der Waals surface area contributed by atoms with Crippen LogP contribution in [-0.4, -0.2) is 13.4 Å². The van der Waals surface area contributed by atoms with E-state index in [1.54, 1.807) is 13.2 Å². The summed E-state index contributed by atoms with van der Waals surface area (Å²) in [5.41, 5.74) is 3.06. The molecule has 0 atom stereocenters. The van der Waals surface area contributed by atoms with Gasteiger partial charge in [0.1, 0.15) is 18.1 Å². The highest BCUT2D eigenvalue weighted by Gasteiger charge is 2.12. The smallest absolute Gasteiger partial charge is 0.150 e. The number of hydrogen-bond donors (Lipinski definition) is 0. The summed E-state index contributed by atoms with van der Waals surface area (Å²) in [5.74, 6) is 1.86. The fraction of sp³-hybridized carbons (Fsp3) is 0.227. The standard InChI is InChI=1S/C22H22O3/c1-15(2)18-8-5-4-7-17(18)14-25-20-12-11-16(13-23)22-19(20)9-6-10-21(22)24-3/h4-13,15H,14H2,1-3H3. The lowest BCUT2D eigenvalue weighted by atomic mass is 9.98. The van der Waals surface area contributed by atoms with E-state index in [-0.39, 0.29) is 0 Å². The first-order chi connectivity index (χ1) is 12.2. The highest BCUT2D eigenvalue weighted by atomic mass is 16.5. The Kier molecular flexibility index (Phi) is 5.03. The first-order valence-corrected chi connectivity index (χ1v) is 8.41. The SMILES string of the molecule is COc1cccc2c(OCc3ccccc3C(C)C)ccc(C=O)c12. The summed E-state index contributed by atoms with van der Waals surface area (Å²) < 4.78 is 11.5. The maximum absolute atomic E-state index is 11.4. The summed E-state index contributed by atoms with van der Waals surface area (Å²) in [6, 6.07) is 17.7. The molecule has 0 aliphatic heterocycles. The molecule has 0 unspecified atom stereocenters. The lowest BCUT2D eigenvalue weighted by Gasteiger charge is -2.16. The van der Waals surface area contributed by atoms with Gasteiger partial charge in [0.05, 0.1) is 7.11 Å². The molecule has 0 fully saturated rings. The number of aldehydes is 1. The summed E-state index contributed by atoms with van der Waals surface area (Å²) in [4.78, 5) is 11.4. The van der Waals surface area contributed by atoms with Crippen LogP contribution in [0.4, 0.5) is 0 Å². The molecule has 3 heteroatoms. The van der Waals surface area contributed by atoms with Gasteiger partial charge in [-0.1, -0.05) is 50.2 Å². The molecular weight excluding hydrogens is 312 g/mol. The van der Waals surface area contributed by atoms with Crippen molar-refractivity contribution in [2.24, 2.45) is 0 Å². The lowest BCUT2D eigenvalue weighted by Crippen LogP contribution is -2.02. The first kappa shape index (κ1) is 17.0. The van der Waals surface area contributed by atoms with Gasteiger partial charge in [-0.15, -0.1) is 0 Å². The Morgan fingerprint density at radius 2 is 1.76 bits per heavy atom. The highest BCUT2D eigenvalue weighted by Crippen LogP contribution is 2.35. The number of carbonyl (C=O) groups excluding carboxylic acids is 1. The van der Waals surface area contributed by atoms with Gasteiger partial charge in [-0.05, 0) is 35.2 Å². The third kappa shape index (κ3) is 3.36. The zero-order valence-electron chi connectivity index (χ0n) is 14.8. The van der Waals surface area contributed by atoms with E-state index in [4.69, 9.17) is 9.47 Å². The second-order valence-corrected chi connectivity index (χ2v) is 6.30. The summed E-state index contributed by atoms with van der Waals surface area (Å²) in [6.45, 7) is 4.84. The topological polar surface area (TPSA) is 35.5 Å². The Morgan fingerprint density at radius 1 is 0.960 bits per heavy atom. The number of rotatable bonds is 6. The van der Waals surface area contributed by atoms with Crippen molar-refractivity contribution >= 4 is 17.1 Å². The Hall–Kier alpha value is -2.81. The Bertz CT molecular complexity index is 897. The lowest BCUT2D eigenvalue weighted by molar-refractivity contribution is 0.112. The third-order valence-electron chi connectivity index (χ3n) is 4.40. The van der Waals surface area contributed by atoms with E-state index in [2.05, 4.69) is 32.0 Å². The summed E-state index contributed by atoms with van der Waals surface area (Å²) in [7, 11) is 1.61. The maximum Gasteiger partial charge on any atom is 0.150 e. The first-order valence-electron chi connectivity index (χ1n) is 8.41. The number of methoxy groups -OCH3 is 1. The van der Waals surface area contributed by atoms with E-state index in [1.807, 2.05) is 30.3 Å². The van der Waals surface area contributed by atoms with Crippen molar-refractivity contribution in [1.82, 2.24) is 0 Å². The fourth-order valence-corrected chi connectivity index (χ4v) is 3.15. The predicted molar refractivity (Wildman–Crippen MR) is 101 cm³/mol. The summed E-state index contributed by atoms with van der Waals surface area (Å²) in [6.07, 6.45) is 0.850. The minimum absolute atomic E-state index is 0.439. The number of hydrogen-bond acceptors (Lipinski definition) is 3. The summed E-state index contributed by atoms with van der Waals surface area (Å²) in [5, 5.41) is 1.67. The van der Waals surface area contributed by atoms with Crippen molar-refractivity contribution < 1.29 is 14.3 Å². The quantitative estimate of drug-likeness (QED) is 0.569. The number of ether oxygens (including phenoxy) is 2. The molecule has 0 aliphatic carbocycles. The highest BCUT2D eigenvalue weighted by molar-refractivity contribution is 6.04. The Morgan fingerprint density at radius 3 is 2.48 bits per heavy atom. The fourth-order valence-electron chi connectivity index (χ4n) is 3.15. The van der Waals surface area contributed by atoms with Gasteiger partial charge in [0.15, 0.2) is 6.29 Å². The van der Waals surface area contributed by atoms with Gasteiger partial charge < -0.3 is 9.47 Å². The average molecular weight is 334 g/mol. The van der Waals surface area contributed by atoms with E-state index < -0.39 is 0 Å². The molecule has 0 aliphatic rings. The monoisotopic (exact) mass is 334 g/mol. The zero-order chi connectivity index (χ0) is 17.8. The molecule has 25 heavy (non-hydrogen) atoms. The van der Waals surface area contributed by atoms with Crippen molar-refractivity contribution in [3.8, 4) is 11.5 Å². The molecule has 0 heterocycles. The zero-order valence-corrected chi connectivity index (χ0v) is 14.8. The van der Waals surface area contributed by atoms with E-state index in [0.29, 0.717) is 23.8 Å². The summed E-state index contributed by atoms with van der Waals surface area (Å²) >= 11 is 0. The molecule has 3 aromatic carbocycles. The molecule has 3 rings (SSSR count). The molecule has 3 aromatic rings. The van der Waals surface area contributed by atoms with Crippen LogP contribution in [0.25, 0.3) is 10.8 Å². The van der Waals surface area contributed by atoms with Gasteiger partial charge in [0.25, 0.3) is 0 Å². The van der Waals surface area contributed by atoms with Crippen LogP contribution in [0.2, 0.25) is 0 Å². The molecule has 0 aromatic heterocycles. The van der Waals surface area contributed by atoms with Crippen molar-refractivity contribution in [2.45, 2.75) is 26.4 Å². The van der Waals surface area contributed by atoms with Crippen molar-refractivity contribution in [3.05, 3.63) is 71.3 Å². The molecule has 0 radical (unpaired) electrons. The molecule has 0 spiro atoms. The van der Waals surface area contributed by atoms with Crippen LogP contribution >= 0.6 is 0 Å². The van der Waals surface area contributed by atoms with Gasteiger partial charge in [-0.25, -0.2) is 0 Å². The van der Waals surface area contributed by atoms with Crippen molar-refractivity contribution in [1.29, 1.82) is 0 Å². The number of fused-ring (bicyclic) bond motifs is 1. The molecule has 0 bridgehead atoms. The largest absolute Gasteiger partial charge is 0.496 e. The van der Waals surface area contributed by atoms with Gasteiger partial charge in [0.2, 0.25) is 0 Å². The van der Waals surface area contributed by atoms with E-state index in [1.165, 1.54) is 11.1 Å². The van der Waals surface area contributed by atoms with Crippen LogP contribution in [0.15, 0.2) is 54.6 Å². The van der Waals surface area contributed by atoms with E-state index in [9.17, 15) is 4.79 Å². The molecule has 0 N–H and O–H groups in total. The molecular formula is C22H22O3. The molecule has 3 nitrogen and oxygen atoms in total. The Balaban J connectivity index is 1.99. The second kappa shape index (κ2) is 7.39. The van der Waals surface area contributed by atoms with Crippen LogP contribution in [0.1, 0.15) is 41.3 Å². The second-order valence-electron chi connectivity index (χ2n) is 6.30. The van der Waals surface area contributed by atoms with Crippen molar-refractivity contribution in [2.75, 3.05) is 7.11 Å². The van der Waals surface area contributed by atoms with Gasteiger partial charge in [0, 0.05) is 16.3 Å². The van der Waals surface area contributed by atoms with Crippen LogP contribution in [0.3, 0.4) is 0 Å². The minimum Gasteiger partial charge on any atom is -0.496 e. The third-order valence-corrected chi connectivity index (χ3v) is 4.40. The van der Waals surface area contributed by atoms with Crippen LogP contribution in [0, 0.1) is 0 Å².